The zero-order chi connectivity index (χ0) is 29.6. The second-order valence-electron chi connectivity index (χ2n) is 10.8. The van der Waals surface area contributed by atoms with E-state index in [-0.39, 0.29) is 11.7 Å². The highest BCUT2D eigenvalue weighted by atomic mass is 32.2. The summed E-state index contributed by atoms with van der Waals surface area (Å²) in [7, 11) is -1.42. The van der Waals surface area contributed by atoms with E-state index in [1.807, 2.05) is 18.5 Å². The second kappa shape index (κ2) is 11.4. The first kappa shape index (κ1) is 28.7. The Morgan fingerprint density at radius 1 is 1.07 bits per heavy atom. The molecule has 2 unspecified atom stereocenters. The molecule has 222 valence electrons. The minimum absolute atomic E-state index is 0.276. The molecule has 0 radical (unpaired) electrons. The standard InChI is InChI=1S/C29H34FN7O3S2/c1-4-24-28(33(2)29-32-25(19-41-29)20-5-7-22(30)8-6-20)36-17-23(9-10-26(36)31-24)34-13-15-35(16-14-34)27-21(18-38)11-12-37(27)42(3,39)40/h5-10,17-19,21,27H,4,11-16H2,1-3H3. The monoisotopic (exact) mass is 611 g/mol. The van der Waals surface area contributed by atoms with Gasteiger partial charge in [0.15, 0.2) is 5.13 Å². The molecule has 6 rings (SSSR count). The number of aryl methyl sites for hydroxylation is 1. The number of piperazine rings is 1. The van der Waals surface area contributed by atoms with Gasteiger partial charge in [0.1, 0.15) is 23.6 Å². The Morgan fingerprint density at radius 3 is 2.48 bits per heavy atom. The Hall–Kier alpha value is -3.39. The molecule has 2 aliphatic rings. The Kier molecular flexibility index (Phi) is 7.77. The number of nitrogens with zero attached hydrogens (tertiary/aromatic N) is 7. The van der Waals surface area contributed by atoms with Gasteiger partial charge < -0.3 is 14.6 Å². The van der Waals surface area contributed by atoms with E-state index in [1.54, 1.807) is 12.1 Å². The molecule has 5 heterocycles. The van der Waals surface area contributed by atoms with Crippen molar-refractivity contribution in [2.24, 2.45) is 5.92 Å². The highest BCUT2D eigenvalue weighted by Crippen LogP contribution is 2.35. The molecule has 0 spiro atoms. The first-order valence-corrected chi connectivity index (χ1v) is 16.8. The van der Waals surface area contributed by atoms with Crippen LogP contribution in [0.15, 0.2) is 48.0 Å². The van der Waals surface area contributed by atoms with E-state index in [0.29, 0.717) is 39.1 Å². The third-order valence-corrected chi connectivity index (χ3v) is 10.4. The summed E-state index contributed by atoms with van der Waals surface area (Å²) in [6.07, 6.45) is 5.12. The van der Waals surface area contributed by atoms with Crippen molar-refractivity contribution in [3.63, 3.8) is 0 Å². The van der Waals surface area contributed by atoms with Crippen LogP contribution in [0.2, 0.25) is 0 Å². The van der Waals surface area contributed by atoms with Gasteiger partial charge in [-0.05, 0) is 49.2 Å². The molecule has 4 aromatic rings. The summed E-state index contributed by atoms with van der Waals surface area (Å²) in [5.41, 5.74) is 4.50. The van der Waals surface area contributed by atoms with Gasteiger partial charge >= 0.3 is 0 Å². The lowest BCUT2D eigenvalue weighted by Crippen LogP contribution is -2.57. The van der Waals surface area contributed by atoms with Crippen LogP contribution in [0, 0.1) is 11.7 Å². The molecule has 0 amide bonds. The quantitative estimate of drug-likeness (QED) is 0.278. The number of anilines is 3. The van der Waals surface area contributed by atoms with Gasteiger partial charge in [-0.15, -0.1) is 11.3 Å². The van der Waals surface area contributed by atoms with Crippen LogP contribution in [-0.2, 0) is 21.2 Å². The average molecular weight is 612 g/mol. The summed E-state index contributed by atoms with van der Waals surface area (Å²) in [6.45, 7) is 5.19. The highest BCUT2D eigenvalue weighted by Gasteiger charge is 2.43. The number of carbonyl (C=O) groups is 1. The maximum atomic E-state index is 13.4. The topological polar surface area (TPSA) is 94.4 Å². The van der Waals surface area contributed by atoms with Crippen LogP contribution >= 0.6 is 11.3 Å². The van der Waals surface area contributed by atoms with Gasteiger partial charge in [0.05, 0.1) is 29.5 Å². The minimum atomic E-state index is -3.40. The summed E-state index contributed by atoms with van der Waals surface area (Å²) in [5.74, 6) is 0.353. The normalized spacial score (nSPS) is 20.4. The van der Waals surface area contributed by atoms with E-state index in [2.05, 4.69) is 38.3 Å². The molecule has 3 aromatic heterocycles. The van der Waals surface area contributed by atoms with Gasteiger partial charge in [-0.1, -0.05) is 6.92 Å². The number of aldehydes is 1. The molecule has 10 nitrogen and oxygen atoms in total. The van der Waals surface area contributed by atoms with Crippen LogP contribution in [0.3, 0.4) is 0 Å². The first-order valence-electron chi connectivity index (χ1n) is 14.0. The maximum Gasteiger partial charge on any atom is 0.212 e. The van der Waals surface area contributed by atoms with E-state index in [9.17, 15) is 17.6 Å². The third-order valence-electron chi connectivity index (χ3n) is 8.23. The summed E-state index contributed by atoms with van der Waals surface area (Å²) in [5, 5.41) is 2.78. The van der Waals surface area contributed by atoms with Crippen molar-refractivity contribution >= 4 is 49.9 Å². The largest absolute Gasteiger partial charge is 0.368 e. The van der Waals surface area contributed by atoms with E-state index in [0.717, 1.165) is 51.9 Å². The number of sulfonamides is 1. The number of pyridine rings is 1. The molecule has 0 bridgehead atoms. The van der Waals surface area contributed by atoms with Crippen LogP contribution in [-0.4, -0.2) is 90.5 Å². The SMILES string of the molecule is CCc1nc2ccc(N3CCN(C4C(C=O)CCN4S(C)(=O)=O)CC3)cn2c1N(C)c1nc(-c2ccc(F)cc2)cs1. The number of halogens is 1. The molecule has 2 aliphatic heterocycles. The number of hydrogen-bond acceptors (Lipinski definition) is 9. The molecule has 0 aliphatic carbocycles. The number of hydrogen-bond donors (Lipinski definition) is 0. The maximum absolute atomic E-state index is 13.4. The van der Waals surface area contributed by atoms with Crippen LogP contribution in [0.5, 0.6) is 0 Å². The molecule has 2 fully saturated rings. The molecule has 42 heavy (non-hydrogen) atoms. The Balaban J connectivity index is 1.24. The van der Waals surface area contributed by atoms with Gasteiger partial charge in [-0.2, -0.15) is 4.31 Å². The molecule has 13 heteroatoms. The number of fused-ring (bicyclic) bond motifs is 1. The molecule has 0 saturated carbocycles. The van der Waals surface area contributed by atoms with Crippen molar-refractivity contribution in [2.45, 2.75) is 25.9 Å². The number of rotatable bonds is 8. The smallest absolute Gasteiger partial charge is 0.212 e. The fourth-order valence-corrected chi connectivity index (χ4v) is 8.00. The molecule has 2 saturated heterocycles. The zero-order valence-electron chi connectivity index (χ0n) is 23.9. The van der Waals surface area contributed by atoms with E-state index in [1.165, 1.54) is 34.0 Å². The predicted molar refractivity (Wildman–Crippen MR) is 163 cm³/mol. The number of benzene rings is 1. The zero-order valence-corrected chi connectivity index (χ0v) is 25.5. The van der Waals surface area contributed by atoms with Crippen molar-refractivity contribution in [3.05, 3.63) is 59.5 Å². The van der Waals surface area contributed by atoms with Gasteiger partial charge in [0.2, 0.25) is 10.0 Å². The van der Waals surface area contributed by atoms with Crippen LogP contribution in [0.25, 0.3) is 16.9 Å². The number of carbonyl (C=O) groups excluding carboxylic acids is 1. The average Bonchev–Trinajstić information content (AvgIpc) is 3.73. The lowest BCUT2D eigenvalue weighted by molar-refractivity contribution is -0.113. The summed E-state index contributed by atoms with van der Waals surface area (Å²) >= 11 is 1.52. The number of imidazole rings is 1. The van der Waals surface area contributed by atoms with Gasteiger partial charge in [-0.25, -0.2) is 22.8 Å². The fraction of sp³-hybridized carbons (Fsp3) is 0.414. The van der Waals surface area contributed by atoms with Crippen LogP contribution < -0.4 is 9.80 Å². The minimum Gasteiger partial charge on any atom is -0.368 e. The molecular formula is C29H34FN7O3S2. The van der Waals surface area contributed by atoms with Crippen molar-refractivity contribution < 1.29 is 17.6 Å². The van der Waals surface area contributed by atoms with Gasteiger partial charge in [0, 0.05) is 62.8 Å². The van der Waals surface area contributed by atoms with Crippen molar-refractivity contribution in [1.82, 2.24) is 23.6 Å². The van der Waals surface area contributed by atoms with Crippen LogP contribution in [0.4, 0.5) is 21.0 Å². The van der Waals surface area contributed by atoms with E-state index < -0.39 is 16.2 Å². The summed E-state index contributed by atoms with van der Waals surface area (Å²) in [4.78, 5) is 28.0. The molecule has 0 N–H and O–H groups in total. The van der Waals surface area contributed by atoms with Crippen molar-refractivity contribution in [1.29, 1.82) is 0 Å². The molecular weight excluding hydrogens is 577 g/mol. The summed E-state index contributed by atoms with van der Waals surface area (Å²) < 4.78 is 41.8. The Morgan fingerprint density at radius 2 is 1.81 bits per heavy atom. The fourth-order valence-electron chi connectivity index (χ4n) is 6.08. The van der Waals surface area contributed by atoms with E-state index >= 15 is 0 Å². The lowest BCUT2D eigenvalue weighted by atomic mass is 10.1. The highest BCUT2D eigenvalue weighted by molar-refractivity contribution is 7.88. The van der Waals surface area contributed by atoms with Crippen molar-refractivity contribution in [2.75, 3.05) is 55.8 Å². The Bertz CT molecular complexity index is 1700. The Labute approximate surface area is 249 Å². The van der Waals surface area contributed by atoms with Gasteiger partial charge in [-0.3, -0.25) is 9.30 Å². The predicted octanol–water partition coefficient (Wildman–Crippen LogP) is 3.86. The van der Waals surface area contributed by atoms with E-state index in [4.69, 9.17) is 9.97 Å². The summed E-state index contributed by atoms with van der Waals surface area (Å²) in [6, 6.07) is 10.4. The molecule has 1 aromatic carbocycles. The molecule has 2 atom stereocenters. The van der Waals surface area contributed by atoms with Crippen LogP contribution in [0.1, 0.15) is 19.0 Å². The van der Waals surface area contributed by atoms with Crippen molar-refractivity contribution in [3.8, 4) is 11.3 Å². The first-order chi connectivity index (χ1) is 20.2. The second-order valence-corrected chi connectivity index (χ2v) is 13.6. The van der Waals surface area contributed by atoms with Gasteiger partial charge in [0.25, 0.3) is 0 Å². The number of thiazole rings is 1. The third kappa shape index (κ3) is 5.30. The lowest BCUT2D eigenvalue weighted by Gasteiger charge is -2.42. The number of aromatic nitrogens is 3.